The van der Waals surface area contributed by atoms with E-state index in [4.69, 9.17) is 5.26 Å². The highest BCUT2D eigenvalue weighted by Gasteiger charge is 2.13. The van der Waals surface area contributed by atoms with Crippen LogP contribution in [0.4, 0.5) is 23.2 Å². The summed E-state index contributed by atoms with van der Waals surface area (Å²) >= 11 is 0. The maximum absolute atomic E-state index is 13.6. The van der Waals surface area contributed by atoms with Crippen molar-refractivity contribution in [3.05, 3.63) is 64.2 Å². The molecule has 0 fully saturated rings. The molecule has 6 heteroatoms. The van der Waals surface area contributed by atoms with Crippen LogP contribution >= 0.6 is 0 Å². The first-order valence-electron chi connectivity index (χ1n) is 6.00. The lowest BCUT2D eigenvalue weighted by atomic mass is 10.1. The Morgan fingerprint density at radius 3 is 2.14 bits per heavy atom. The second-order valence-electron chi connectivity index (χ2n) is 4.47. The van der Waals surface area contributed by atoms with Crippen molar-refractivity contribution in [3.8, 4) is 6.07 Å². The Bertz CT molecular complexity index is 712. The van der Waals surface area contributed by atoms with Crippen LogP contribution in [0, 0.1) is 41.5 Å². The first kappa shape index (κ1) is 14.9. The molecule has 0 aliphatic heterocycles. The maximum atomic E-state index is 13.6. The maximum Gasteiger partial charge on any atom is 0.146 e. The van der Waals surface area contributed by atoms with E-state index in [2.05, 4.69) is 5.32 Å². The molecular weight excluding hydrogens is 284 g/mol. The number of hydrogen-bond acceptors (Lipinski definition) is 2. The average molecular weight is 294 g/mol. The quantitative estimate of drug-likeness (QED) is 0.867. The SMILES string of the molecule is Cc1cc(F)c(NCc2c(F)cc(C#N)cc2F)cc1F. The fraction of sp³-hybridized carbons (Fsp3) is 0.133. The standard InChI is InChI=1S/C15H10F4N2/c1-8-2-14(19)15(5-11(8)16)21-7-10-12(17)3-9(6-20)4-13(10)18/h2-5,21H,7H2,1H3. The van der Waals surface area contributed by atoms with E-state index in [1.54, 1.807) is 6.07 Å². The highest BCUT2D eigenvalue weighted by atomic mass is 19.1. The monoisotopic (exact) mass is 294 g/mol. The van der Waals surface area contributed by atoms with Gasteiger partial charge in [0.2, 0.25) is 0 Å². The Morgan fingerprint density at radius 1 is 0.952 bits per heavy atom. The predicted octanol–water partition coefficient (Wildman–Crippen LogP) is 4.04. The highest BCUT2D eigenvalue weighted by molar-refractivity contribution is 5.48. The van der Waals surface area contributed by atoms with Crippen molar-refractivity contribution in [2.75, 3.05) is 5.32 Å². The number of nitrogens with one attached hydrogen (secondary N) is 1. The third-order valence-corrected chi connectivity index (χ3v) is 2.97. The molecule has 1 N–H and O–H groups in total. The summed E-state index contributed by atoms with van der Waals surface area (Å²) in [5.41, 5.74) is -0.564. The molecule has 0 aliphatic carbocycles. The van der Waals surface area contributed by atoms with Crippen LogP contribution in [-0.2, 0) is 6.54 Å². The second-order valence-corrected chi connectivity index (χ2v) is 4.47. The van der Waals surface area contributed by atoms with Crippen LogP contribution in [-0.4, -0.2) is 0 Å². The largest absolute Gasteiger partial charge is 0.378 e. The lowest BCUT2D eigenvalue weighted by molar-refractivity contribution is 0.558. The van der Waals surface area contributed by atoms with E-state index in [0.29, 0.717) is 0 Å². The summed E-state index contributed by atoms with van der Waals surface area (Å²) in [5, 5.41) is 11.0. The molecule has 0 aliphatic rings. The molecule has 2 aromatic rings. The van der Waals surface area contributed by atoms with E-state index < -0.39 is 23.3 Å². The van der Waals surface area contributed by atoms with Crippen molar-refractivity contribution < 1.29 is 17.6 Å². The van der Waals surface area contributed by atoms with Crippen molar-refractivity contribution in [1.29, 1.82) is 5.26 Å². The minimum atomic E-state index is -0.924. The molecule has 0 bridgehead atoms. The zero-order chi connectivity index (χ0) is 15.6. The first-order valence-corrected chi connectivity index (χ1v) is 6.00. The van der Waals surface area contributed by atoms with Gasteiger partial charge in [-0.05, 0) is 30.7 Å². The van der Waals surface area contributed by atoms with E-state index in [0.717, 1.165) is 24.3 Å². The third-order valence-electron chi connectivity index (χ3n) is 2.97. The van der Waals surface area contributed by atoms with Crippen molar-refractivity contribution in [3.63, 3.8) is 0 Å². The molecule has 0 saturated carbocycles. The predicted molar refractivity (Wildman–Crippen MR) is 69.5 cm³/mol. The molecule has 0 heterocycles. The van der Waals surface area contributed by atoms with Gasteiger partial charge in [-0.1, -0.05) is 0 Å². The number of halogens is 4. The molecule has 2 rings (SSSR count). The molecule has 0 amide bonds. The minimum Gasteiger partial charge on any atom is -0.378 e. The molecule has 108 valence electrons. The fourth-order valence-corrected chi connectivity index (χ4v) is 1.80. The van der Waals surface area contributed by atoms with E-state index >= 15 is 0 Å². The zero-order valence-corrected chi connectivity index (χ0v) is 11.0. The Morgan fingerprint density at radius 2 is 1.57 bits per heavy atom. The summed E-state index contributed by atoms with van der Waals surface area (Å²) in [6.07, 6.45) is 0. The van der Waals surface area contributed by atoms with Gasteiger partial charge in [0.1, 0.15) is 23.3 Å². The molecule has 0 unspecified atom stereocenters. The summed E-state index contributed by atoms with van der Waals surface area (Å²) in [6.45, 7) is 1.03. The van der Waals surface area contributed by atoms with Crippen LogP contribution in [0.25, 0.3) is 0 Å². The molecular formula is C15H10F4N2. The smallest absolute Gasteiger partial charge is 0.146 e. The normalized spacial score (nSPS) is 10.3. The van der Waals surface area contributed by atoms with Crippen LogP contribution in [0.5, 0.6) is 0 Å². The van der Waals surface area contributed by atoms with E-state index in [1.165, 1.54) is 6.92 Å². The molecule has 0 spiro atoms. The summed E-state index contributed by atoms with van der Waals surface area (Å²) in [4.78, 5) is 0. The first-order chi connectivity index (χ1) is 9.92. The van der Waals surface area contributed by atoms with Gasteiger partial charge in [0.15, 0.2) is 0 Å². The van der Waals surface area contributed by atoms with Gasteiger partial charge in [-0.25, -0.2) is 17.6 Å². The van der Waals surface area contributed by atoms with Gasteiger partial charge in [0.25, 0.3) is 0 Å². The zero-order valence-electron chi connectivity index (χ0n) is 11.0. The summed E-state index contributed by atoms with van der Waals surface area (Å²) in [7, 11) is 0. The Hall–Kier alpha value is -2.55. The molecule has 2 aromatic carbocycles. The van der Waals surface area contributed by atoms with Gasteiger partial charge < -0.3 is 5.32 Å². The second kappa shape index (κ2) is 5.83. The van der Waals surface area contributed by atoms with Gasteiger partial charge in [-0.3, -0.25) is 0 Å². The van der Waals surface area contributed by atoms with Gasteiger partial charge in [0.05, 0.1) is 17.3 Å². The van der Waals surface area contributed by atoms with Crippen molar-refractivity contribution in [1.82, 2.24) is 0 Å². The van der Waals surface area contributed by atoms with Crippen LogP contribution in [0.3, 0.4) is 0 Å². The molecule has 0 saturated heterocycles. The molecule has 2 nitrogen and oxygen atoms in total. The average Bonchev–Trinajstić information content (AvgIpc) is 2.42. The van der Waals surface area contributed by atoms with Gasteiger partial charge in [-0.15, -0.1) is 0 Å². The molecule has 0 radical (unpaired) electrons. The third kappa shape index (κ3) is 3.14. The van der Waals surface area contributed by atoms with Crippen LogP contribution < -0.4 is 5.32 Å². The Kier molecular flexibility index (Phi) is 4.13. The van der Waals surface area contributed by atoms with E-state index in [1.807, 2.05) is 0 Å². The fourth-order valence-electron chi connectivity index (χ4n) is 1.80. The van der Waals surface area contributed by atoms with Crippen LogP contribution in [0.2, 0.25) is 0 Å². The molecule has 21 heavy (non-hydrogen) atoms. The summed E-state index contributed by atoms with van der Waals surface area (Å²) in [6, 6.07) is 5.29. The lowest BCUT2D eigenvalue weighted by Gasteiger charge is -2.10. The van der Waals surface area contributed by atoms with Gasteiger partial charge >= 0.3 is 0 Å². The number of rotatable bonds is 3. The Labute approximate surface area is 118 Å². The molecule has 0 atom stereocenters. The number of nitriles is 1. The van der Waals surface area contributed by atoms with Gasteiger partial charge in [-0.2, -0.15) is 5.26 Å². The van der Waals surface area contributed by atoms with Crippen molar-refractivity contribution in [2.24, 2.45) is 0 Å². The summed E-state index contributed by atoms with van der Waals surface area (Å²) < 4.78 is 54.2. The molecule has 0 aromatic heterocycles. The van der Waals surface area contributed by atoms with E-state index in [-0.39, 0.29) is 28.9 Å². The van der Waals surface area contributed by atoms with Gasteiger partial charge in [0, 0.05) is 18.2 Å². The van der Waals surface area contributed by atoms with E-state index in [9.17, 15) is 17.6 Å². The lowest BCUT2D eigenvalue weighted by Crippen LogP contribution is -2.07. The number of nitrogens with zero attached hydrogens (tertiary/aromatic N) is 1. The van der Waals surface area contributed by atoms with Crippen molar-refractivity contribution in [2.45, 2.75) is 13.5 Å². The number of benzene rings is 2. The minimum absolute atomic E-state index is 0.133. The van der Waals surface area contributed by atoms with Crippen LogP contribution in [0.1, 0.15) is 16.7 Å². The number of anilines is 1. The number of aryl methyl sites for hydroxylation is 1. The topological polar surface area (TPSA) is 35.8 Å². The summed E-state index contributed by atoms with van der Waals surface area (Å²) in [5.74, 6) is -3.19. The highest BCUT2D eigenvalue weighted by Crippen LogP contribution is 2.21. The van der Waals surface area contributed by atoms with Crippen molar-refractivity contribution >= 4 is 5.69 Å². The number of hydrogen-bond donors (Lipinski definition) is 1. The van der Waals surface area contributed by atoms with Crippen LogP contribution in [0.15, 0.2) is 24.3 Å². The Balaban J connectivity index is 2.25.